The Labute approximate surface area is 68.3 Å². The van der Waals surface area contributed by atoms with Crippen molar-refractivity contribution < 1.29 is 4.74 Å². The summed E-state index contributed by atoms with van der Waals surface area (Å²) in [5, 5.41) is 3.17. The van der Waals surface area contributed by atoms with Crippen LogP contribution in [0.3, 0.4) is 0 Å². The first kappa shape index (κ1) is 8.58. The quantitative estimate of drug-likeness (QED) is 0.472. The summed E-state index contributed by atoms with van der Waals surface area (Å²) >= 11 is 0. The van der Waals surface area contributed by atoms with Crippen LogP contribution in [0.1, 0.15) is 12.8 Å². The summed E-state index contributed by atoms with van der Waals surface area (Å²) in [6.07, 6.45) is 7.50. The molecule has 0 bridgehead atoms. The van der Waals surface area contributed by atoms with Gasteiger partial charge in [-0.3, -0.25) is 0 Å². The van der Waals surface area contributed by atoms with Crippen molar-refractivity contribution >= 4 is 0 Å². The molecule has 1 rings (SSSR count). The molecule has 62 valence electrons. The lowest BCUT2D eigenvalue weighted by Gasteiger charge is -2.05. The van der Waals surface area contributed by atoms with Crippen molar-refractivity contribution in [2.24, 2.45) is 5.92 Å². The molecule has 0 aromatic heterocycles. The van der Waals surface area contributed by atoms with Gasteiger partial charge >= 0.3 is 0 Å². The molecule has 0 spiro atoms. The molecule has 1 N–H and O–H groups in total. The second-order valence-corrected chi connectivity index (χ2v) is 2.90. The Hall–Kier alpha value is -0.520. The van der Waals surface area contributed by atoms with E-state index in [-0.39, 0.29) is 0 Å². The lowest BCUT2D eigenvalue weighted by Crippen LogP contribution is -2.18. The third-order valence-corrected chi connectivity index (χ3v) is 1.98. The van der Waals surface area contributed by atoms with Crippen LogP contribution in [-0.4, -0.2) is 26.3 Å². The number of hydrogen-bond acceptors (Lipinski definition) is 2. The summed E-state index contributed by atoms with van der Waals surface area (Å²) < 4.78 is 5.25. The summed E-state index contributed by atoms with van der Waals surface area (Å²) in [7, 11) is 0. The van der Waals surface area contributed by atoms with Gasteiger partial charge in [-0.25, -0.2) is 0 Å². The molecule has 1 unspecified atom stereocenters. The minimum absolute atomic E-state index is 0.688. The monoisotopic (exact) mass is 153 g/mol. The predicted octanol–water partition coefficient (Wildman–Crippen LogP) is 0.636. The smallest absolute Gasteiger partial charge is 0.0573 e. The van der Waals surface area contributed by atoms with Gasteiger partial charge in [-0.15, -0.1) is 6.42 Å². The van der Waals surface area contributed by atoms with Gasteiger partial charge in [-0.1, -0.05) is 5.92 Å². The van der Waals surface area contributed by atoms with Gasteiger partial charge in [0.1, 0.15) is 0 Å². The maximum absolute atomic E-state index is 5.25. The Balaban J connectivity index is 1.90. The second-order valence-electron chi connectivity index (χ2n) is 2.90. The van der Waals surface area contributed by atoms with E-state index in [2.05, 4.69) is 11.2 Å². The molecule has 2 nitrogen and oxygen atoms in total. The first-order chi connectivity index (χ1) is 5.43. The molecule has 0 aliphatic carbocycles. The van der Waals surface area contributed by atoms with Crippen molar-refractivity contribution in [3.05, 3.63) is 0 Å². The summed E-state index contributed by atoms with van der Waals surface area (Å²) in [5.41, 5.74) is 0. The molecule has 2 heteroatoms. The van der Waals surface area contributed by atoms with Gasteiger partial charge in [0.15, 0.2) is 0 Å². The van der Waals surface area contributed by atoms with E-state index in [4.69, 9.17) is 11.2 Å². The number of nitrogens with one attached hydrogen (secondary N) is 1. The molecule has 0 aromatic rings. The molecule has 11 heavy (non-hydrogen) atoms. The molecule has 1 atom stereocenters. The topological polar surface area (TPSA) is 21.3 Å². The maximum Gasteiger partial charge on any atom is 0.0573 e. The van der Waals surface area contributed by atoms with E-state index in [1.165, 1.54) is 12.8 Å². The van der Waals surface area contributed by atoms with Crippen LogP contribution in [0, 0.1) is 18.3 Å². The van der Waals surface area contributed by atoms with Crippen molar-refractivity contribution in [2.75, 3.05) is 26.3 Å². The normalized spacial score (nSPS) is 23.4. The lowest BCUT2D eigenvalue weighted by molar-refractivity contribution is 0.184. The first-order valence-electron chi connectivity index (χ1n) is 4.15. The maximum atomic E-state index is 5.25. The molecule has 1 saturated heterocycles. The Morgan fingerprint density at radius 3 is 3.18 bits per heavy atom. The zero-order chi connectivity index (χ0) is 7.94. The SMILES string of the molecule is C#CCNCCC1CCOC1. The van der Waals surface area contributed by atoms with Gasteiger partial charge in [-0.2, -0.15) is 0 Å². The van der Waals surface area contributed by atoms with Crippen LogP contribution in [0.5, 0.6) is 0 Å². The molecule has 1 heterocycles. The van der Waals surface area contributed by atoms with E-state index in [1.807, 2.05) is 0 Å². The second kappa shape index (κ2) is 5.17. The van der Waals surface area contributed by atoms with Crippen LogP contribution in [0.4, 0.5) is 0 Å². The van der Waals surface area contributed by atoms with E-state index in [0.717, 1.165) is 25.7 Å². The van der Waals surface area contributed by atoms with E-state index < -0.39 is 0 Å². The van der Waals surface area contributed by atoms with Crippen LogP contribution in [0.15, 0.2) is 0 Å². The predicted molar refractivity (Wildman–Crippen MR) is 45.2 cm³/mol. The minimum Gasteiger partial charge on any atom is -0.381 e. The van der Waals surface area contributed by atoms with Crippen molar-refractivity contribution in [2.45, 2.75) is 12.8 Å². The van der Waals surface area contributed by atoms with Crippen LogP contribution in [0.2, 0.25) is 0 Å². The number of terminal acetylenes is 1. The van der Waals surface area contributed by atoms with Gasteiger partial charge < -0.3 is 10.1 Å². The van der Waals surface area contributed by atoms with Gasteiger partial charge in [-0.05, 0) is 25.3 Å². The van der Waals surface area contributed by atoms with Crippen LogP contribution >= 0.6 is 0 Å². The van der Waals surface area contributed by atoms with Crippen LogP contribution < -0.4 is 5.32 Å². The lowest BCUT2D eigenvalue weighted by atomic mass is 10.1. The Morgan fingerprint density at radius 2 is 2.55 bits per heavy atom. The van der Waals surface area contributed by atoms with Crippen molar-refractivity contribution in [1.29, 1.82) is 0 Å². The highest BCUT2D eigenvalue weighted by atomic mass is 16.5. The molecular formula is C9H15NO. The fraction of sp³-hybridized carbons (Fsp3) is 0.778. The number of rotatable bonds is 4. The molecular weight excluding hydrogens is 138 g/mol. The van der Waals surface area contributed by atoms with Crippen molar-refractivity contribution in [1.82, 2.24) is 5.32 Å². The third kappa shape index (κ3) is 3.41. The molecule has 1 aliphatic rings. The Morgan fingerprint density at radius 1 is 1.64 bits per heavy atom. The average molecular weight is 153 g/mol. The zero-order valence-corrected chi connectivity index (χ0v) is 6.81. The summed E-state index contributed by atoms with van der Waals surface area (Å²) in [4.78, 5) is 0. The molecule has 0 amide bonds. The molecule has 1 fully saturated rings. The molecule has 0 aromatic carbocycles. The minimum atomic E-state index is 0.688. The fourth-order valence-corrected chi connectivity index (χ4v) is 1.28. The van der Waals surface area contributed by atoms with Crippen LogP contribution in [0.25, 0.3) is 0 Å². The van der Waals surface area contributed by atoms with E-state index in [1.54, 1.807) is 0 Å². The van der Waals surface area contributed by atoms with Crippen LogP contribution in [-0.2, 0) is 4.74 Å². The largest absolute Gasteiger partial charge is 0.381 e. The fourth-order valence-electron chi connectivity index (χ4n) is 1.28. The highest BCUT2D eigenvalue weighted by Gasteiger charge is 2.14. The van der Waals surface area contributed by atoms with Gasteiger partial charge in [0.05, 0.1) is 6.54 Å². The van der Waals surface area contributed by atoms with Gasteiger partial charge in [0, 0.05) is 13.2 Å². The van der Waals surface area contributed by atoms with E-state index in [9.17, 15) is 0 Å². The highest BCUT2D eigenvalue weighted by molar-refractivity contribution is 4.86. The van der Waals surface area contributed by atoms with Crippen molar-refractivity contribution in [3.63, 3.8) is 0 Å². The summed E-state index contributed by atoms with van der Waals surface area (Å²) in [5.74, 6) is 3.31. The molecule has 1 aliphatic heterocycles. The van der Waals surface area contributed by atoms with Crippen molar-refractivity contribution in [3.8, 4) is 12.3 Å². The standard InChI is InChI=1S/C9H15NO/c1-2-5-10-6-3-9-4-7-11-8-9/h1,9-10H,3-8H2. The number of hydrogen-bond donors (Lipinski definition) is 1. The summed E-state index contributed by atoms with van der Waals surface area (Å²) in [6, 6.07) is 0. The highest BCUT2D eigenvalue weighted by Crippen LogP contribution is 2.14. The van der Waals surface area contributed by atoms with E-state index in [0.29, 0.717) is 6.54 Å². The Kier molecular flexibility index (Phi) is 4.03. The first-order valence-corrected chi connectivity index (χ1v) is 4.15. The van der Waals surface area contributed by atoms with Gasteiger partial charge in [0.25, 0.3) is 0 Å². The molecule has 0 saturated carbocycles. The average Bonchev–Trinajstić information content (AvgIpc) is 2.50. The van der Waals surface area contributed by atoms with E-state index >= 15 is 0 Å². The zero-order valence-electron chi connectivity index (χ0n) is 6.81. The molecule has 0 radical (unpaired) electrons. The Bertz CT molecular complexity index is 133. The third-order valence-electron chi connectivity index (χ3n) is 1.98. The summed E-state index contributed by atoms with van der Waals surface area (Å²) in [6.45, 7) is 3.60. The number of ether oxygens (including phenoxy) is 1. The van der Waals surface area contributed by atoms with Gasteiger partial charge in [0.2, 0.25) is 0 Å².